The number of hydrogen-bond acceptors (Lipinski definition) is 3. The number of rotatable bonds is 5. The normalized spacial score (nSPS) is 32.5. The van der Waals surface area contributed by atoms with Gasteiger partial charge in [-0.3, -0.25) is 4.79 Å². The zero-order valence-corrected chi connectivity index (χ0v) is 20.8. The van der Waals surface area contributed by atoms with E-state index in [-0.39, 0.29) is 17.3 Å². The number of anilines is 1. The van der Waals surface area contributed by atoms with Crippen molar-refractivity contribution in [2.45, 2.75) is 61.7 Å². The van der Waals surface area contributed by atoms with Crippen molar-refractivity contribution < 1.29 is 17.6 Å². The van der Waals surface area contributed by atoms with Crippen molar-refractivity contribution in [3.63, 3.8) is 0 Å². The number of nitrogens with zero attached hydrogens (tertiary/aromatic N) is 1. The lowest BCUT2D eigenvalue weighted by molar-refractivity contribution is -0.120. The molecule has 4 saturated carbocycles. The van der Waals surface area contributed by atoms with E-state index in [1.165, 1.54) is 60.5 Å². The average molecular weight is 497 g/mol. The van der Waals surface area contributed by atoms with E-state index in [1.54, 1.807) is 0 Å². The van der Waals surface area contributed by atoms with Gasteiger partial charge in [0, 0.05) is 18.8 Å². The van der Waals surface area contributed by atoms with Gasteiger partial charge in [0.1, 0.15) is 5.82 Å². The minimum absolute atomic E-state index is 0.0558. The van der Waals surface area contributed by atoms with Gasteiger partial charge in [0.2, 0.25) is 15.9 Å². The van der Waals surface area contributed by atoms with Crippen LogP contribution in [0.3, 0.4) is 0 Å². The van der Waals surface area contributed by atoms with Crippen molar-refractivity contribution in [1.29, 1.82) is 0 Å². The highest BCUT2D eigenvalue weighted by Gasteiger charge is 2.51. The molecule has 1 aliphatic heterocycles. The number of carbonyl (C=O) groups excluding carboxylic acids is 1. The van der Waals surface area contributed by atoms with Crippen LogP contribution in [0.1, 0.15) is 56.9 Å². The molecule has 0 aromatic heterocycles. The molecule has 1 heterocycles. The molecule has 1 atom stereocenters. The van der Waals surface area contributed by atoms with E-state index in [0.29, 0.717) is 24.8 Å². The Balaban J connectivity index is 1.12. The smallest absolute Gasteiger partial charge is 0.243 e. The zero-order valence-electron chi connectivity index (χ0n) is 20.0. The van der Waals surface area contributed by atoms with Crippen LogP contribution >= 0.6 is 0 Å². The Morgan fingerprint density at radius 3 is 2.11 bits per heavy atom. The second-order valence-electron chi connectivity index (χ2n) is 11.4. The van der Waals surface area contributed by atoms with E-state index < -0.39 is 21.8 Å². The number of carbonyl (C=O) groups is 1. The molecule has 2 aromatic carbocycles. The minimum Gasteiger partial charge on any atom is -0.326 e. The third-order valence-corrected chi connectivity index (χ3v) is 10.9. The molecule has 4 bridgehead atoms. The van der Waals surface area contributed by atoms with Crippen molar-refractivity contribution in [2.75, 3.05) is 18.4 Å². The third-order valence-electron chi connectivity index (χ3n) is 9.01. The lowest BCUT2D eigenvalue weighted by atomic mass is 9.48. The Labute approximate surface area is 207 Å². The summed E-state index contributed by atoms with van der Waals surface area (Å²) in [5.41, 5.74) is 2.52. The van der Waals surface area contributed by atoms with E-state index in [0.717, 1.165) is 35.6 Å². The van der Waals surface area contributed by atoms with Crippen molar-refractivity contribution in [1.82, 2.24) is 4.31 Å². The van der Waals surface area contributed by atoms with Gasteiger partial charge in [-0.05, 0) is 116 Å². The lowest BCUT2D eigenvalue weighted by Crippen LogP contribution is -2.48. The predicted molar refractivity (Wildman–Crippen MR) is 133 cm³/mol. The van der Waals surface area contributed by atoms with E-state index >= 15 is 0 Å². The zero-order chi connectivity index (χ0) is 24.2. The maximum atomic E-state index is 13.2. The van der Waals surface area contributed by atoms with E-state index in [4.69, 9.17) is 0 Å². The summed E-state index contributed by atoms with van der Waals surface area (Å²) in [4.78, 5) is 13.1. The van der Waals surface area contributed by atoms with E-state index in [2.05, 4.69) is 17.4 Å². The van der Waals surface area contributed by atoms with Crippen LogP contribution in [0.15, 0.2) is 53.4 Å². The quantitative estimate of drug-likeness (QED) is 0.608. The first-order valence-electron chi connectivity index (χ1n) is 13.0. The lowest BCUT2D eigenvalue weighted by Gasteiger charge is -2.57. The van der Waals surface area contributed by atoms with Gasteiger partial charge in [0.15, 0.2) is 0 Å². The van der Waals surface area contributed by atoms with Gasteiger partial charge in [-0.25, -0.2) is 12.8 Å². The monoisotopic (exact) mass is 496 g/mol. The van der Waals surface area contributed by atoms with Crippen LogP contribution in [0.25, 0.3) is 0 Å². The summed E-state index contributed by atoms with van der Waals surface area (Å²) in [7, 11) is -3.76. The highest BCUT2D eigenvalue weighted by molar-refractivity contribution is 7.89. The fourth-order valence-corrected chi connectivity index (χ4v) is 9.27. The molecule has 4 aliphatic carbocycles. The molecule has 0 radical (unpaired) electrons. The summed E-state index contributed by atoms with van der Waals surface area (Å²) in [6, 6.07) is 13.3. The summed E-state index contributed by atoms with van der Waals surface area (Å²) in [5.74, 6) is 1.63. The van der Waals surface area contributed by atoms with Gasteiger partial charge in [-0.2, -0.15) is 4.31 Å². The number of sulfonamides is 1. The van der Waals surface area contributed by atoms with Crippen LogP contribution in [0.5, 0.6) is 0 Å². The van der Waals surface area contributed by atoms with Crippen LogP contribution in [-0.2, 0) is 20.2 Å². The fraction of sp³-hybridized carbons (Fsp3) is 0.536. The molecule has 5 nitrogen and oxygen atoms in total. The standard InChI is InChI=1S/C28H33FN2O3S/c29-24-5-9-26(10-6-24)35(33,34)31-11-1-2-22(18-31)27(32)30-25-7-3-23(4-8-25)28-15-19-12-20(16-28)14-21(13-19)17-28/h3-10,19-22H,1-2,11-18H2,(H,30,32). The van der Waals surface area contributed by atoms with Crippen LogP contribution < -0.4 is 5.32 Å². The topological polar surface area (TPSA) is 66.5 Å². The predicted octanol–water partition coefficient (Wildman–Crippen LogP) is 5.33. The molecule has 1 N–H and O–H groups in total. The van der Waals surface area contributed by atoms with E-state index in [9.17, 15) is 17.6 Å². The summed E-state index contributed by atoms with van der Waals surface area (Å²) < 4.78 is 40.6. The SMILES string of the molecule is O=C(Nc1ccc(C23CC4CC(CC(C4)C2)C3)cc1)C1CCCN(S(=O)(=O)c2ccc(F)cc2)C1. The molecule has 1 saturated heterocycles. The molecule has 7 rings (SSSR count). The van der Waals surface area contributed by atoms with Crippen molar-refractivity contribution in [3.8, 4) is 0 Å². The number of benzene rings is 2. The molecule has 1 amide bonds. The Morgan fingerprint density at radius 2 is 1.51 bits per heavy atom. The van der Waals surface area contributed by atoms with Crippen LogP contribution in [0.2, 0.25) is 0 Å². The maximum Gasteiger partial charge on any atom is 0.243 e. The highest BCUT2D eigenvalue weighted by atomic mass is 32.2. The summed E-state index contributed by atoms with van der Waals surface area (Å²) in [6.07, 6.45) is 9.45. The number of halogens is 1. The first kappa shape index (κ1) is 23.2. The molecule has 5 fully saturated rings. The van der Waals surface area contributed by atoms with E-state index in [1.807, 2.05) is 12.1 Å². The number of hydrogen-bond donors (Lipinski definition) is 1. The Bertz CT molecular complexity index is 1170. The first-order valence-corrected chi connectivity index (χ1v) is 14.4. The second-order valence-corrected chi connectivity index (χ2v) is 13.4. The molecule has 1 unspecified atom stereocenters. The second kappa shape index (κ2) is 8.70. The molecular formula is C28H33FN2O3S. The van der Waals surface area contributed by atoms with Crippen molar-refractivity contribution in [2.24, 2.45) is 23.7 Å². The molecule has 7 heteroatoms. The van der Waals surface area contributed by atoms with Crippen LogP contribution in [0.4, 0.5) is 10.1 Å². The highest BCUT2D eigenvalue weighted by Crippen LogP contribution is 2.60. The number of amides is 1. The third kappa shape index (κ3) is 4.31. The van der Waals surface area contributed by atoms with Gasteiger partial charge in [0.05, 0.1) is 10.8 Å². The molecule has 0 spiro atoms. The number of nitrogens with one attached hydrogen (secondary N) is 1. The average Bonchev–Trinajstić information content (AvgIpc) is 2.84. The molecular weight excluding hydrogens is 463 g/mol. The van der Waals surface area contributed by atoms with Crippen molar-refractivity contribution >= 4 is 21.6 Å². The van der Waals surface area contributed by atoms with Crippen LogP contribution in [0, 0.1) is 29.5 Å². The fourth-order valence-electron chi connectivity index (χ4n) is 7.75. The molecule has 5 aliphatic rings. The molecule has 186 valence electrons. The molecule has 35 heavy (non-hydrogen) atoms. The molecule has 2 aromatic rings. The van der Waals surface area contributed by atoms with Gasteiger partial charge in [-0.1, -0.05) is 12.1 Å². The van der Waals surface area contributed by atoms with Gasteiger partial charge in [0.25, 0.3) is 0 Å². The summed E-state index contributed by atoms with van der Waals surface area (Å²) in [6.45, 7) is 0.500. The van der Waals surface area contributed by atoms with Crippen molar-refractivity contribution in [3.05, 3.63) is 59.9 Å². The van der Waals surface area contributed by atoms with Crippen LogP contribution in [-0.4, -0.2) is 31.7 Å². The Hall–Kier alpha value is -2.25. The summed E-state index contributed by atoms with van der Waals surface area (Å²) >= 11 is 0. The van der Waals surface area contributed by atoms with Gasteiger partial charge < -0.3 is 5.32 Å². The largest absolute Gasteiger partial charge is 0.326 e. The van der Waals surface area contributed by atoms with Gasteiger partial charge in [-0.15, -0.1) is 0 Å². The summed E-state index contributed by atoms with van der Waals surface area (Å²) in [5, 5.41) is 3.02. The first-order chi connectivity index (χ1) is 16.8. The maximum absolute atomic E-state index is 13.2. The Morgan fingerprint density at radius 1 is 0.914 bits per heavy atom. The number of piperidine rings is 1. The Kier molecular flexibility index (Phi) is 5.76. The van der Waals surface area contributed by atoms with Gasteiger partial charge >= 0.3 is 0 Å². The minimum atomic E-state index is -3.76.